The molecule has 0 fully saturated rings. The molecule has 0 aliphatic heterocycles. The molecule has 0 aromatic carbocycles. The zero-order valence-electron chi connectivity index (χ0n) is 13.5. The minimum atomic E-state index is 0.380. The first-order valence-electron chi connectivity index (χ1n) is 7.45. The van der Waals surface area contributed by atoms with Crippen LogP contribution in [0.25, 0.3) is 5.57 Å². The molecule has 19 heavy (non-hydrogen) atoms. The maximum Gasteiger partial charge on any atom is 0.131 e. The van der Waals surface area contributed by atoms with Gasteiger partial charge in [0.05, 0.1) is 5.69 Å². The van der Waals surface area contributed by atoms with Crippen LogP contribution >= 0.6 is 0 Å². The highest BCUT2D eigenvalue weighted by Gasteiger charge is 2.18. The van der Waals surface area contributed by atoms with Crippen molar-refractivity contribution in [2.45, 2.75) is 66.7 Å². The lowest BCUT2D eigenvalue weighted by Gasteiger charge is -2.19. The van der Waals surface area contributed by atoms with Gasteiger partial charge in [-0.15, -0.1) is 0 Å². The van der Waals surface area contributed by atoms with Gasteiger partial charge in [0, 0.05) is 17.7 Å². The van der Waals surface area contributed by atoms with Crippen LogP contribution in [0.5, 0.6) is 0 Å². The molecule has 1 heterocycles. The highest BCUT2D eigenvalue weighted by molar-refractivity contribution is 5.68. The van der Waals surface area contributed by atoms with Gasteiger partial charge in [0.25, 0.3) is 0 Å². The molecule has 0 saturated carbocycles. The fourth-order valence-electron chi connectivity index (χ4n) is 2.28. The summed E-state index contributed by atoms with van der Waals surface area (Å²) in [5, 5.41) is 0. The molecule has 0 aliphatic carbocycles. The molecule has 1 aromatic rings. The summed E-state index contributed by atoms with van der Waals surface area (Å²) in [6.07, 6.45) is 5.33. The van der Waals surface area contributed by atoms with Crippen molar-refractivity contribution in [3.05, 3.63) is 29.4 Å². The molecule has 0 spiro atoms. The molecule has 106 valence electrons. The molecule has 0 saturated heterocycles. The standard InChI is InChI=1S/C17H28N2/c1-8-13(7)16-15(14(9-2)11(3)4)10-18-17(19-16)12(5)6/h9-13H,8H2,1-7H3/b14-9-. The van der Waals surface area contributed by atoms with Crippen LogP contribution in [-0.2, 0) is 0 Å². The van der Waals surface area contributed by atoms with Crippen molar-refractivity contribution < 1.29 is 0 Å². The molecular formula is C17H28N2. The Morgan fingerprint density at radius 1 is 1.21 bits per heavy atom. The second-order valence-corrected chi connectivity index (χ2v) is 5.89. The Morgan fingerprint density at radius 3 is 2.26 bits per heavy atom. The molecule has 0 amide bonds. The van der Waals surface area contributed by atoms with Crippen LogP contribution in [0.15, 0.2) is 12.3 Å². The number of hydrogen-bond donors (Lipinski definition) is 0. The van der Waals surface area contributed by atoms with Gasteiger partial charge in [-0.1, -0.05) is 47.6 Å². The number of allylic oxidation sites excluding steroid dienone is 2. The zero-order valence-corrected chi connectivity index (χ0v) is 13.5. The van der Waals surface area contributed by atoms with Crippen LogP contribution in [0.4, 0.5) is 0 Å². The molecule has 0 bridgehead atoms. The SMILES string of the molecule is C/C=C(\c1cnc(C(C)C)nc1C(C)CC)C(C)C. The van der Waals surface area contributed by atoms with Gasteiger partial charge in [0.15, 0.2) is 0 Å². The Hall–Kier alpha value is -1.18. The highest BCUT2D eigenvalue weighted by Crippen LogP contribution is 2.30. The van der Waals surface area contributed by atoms with Crippen molar-refractivity contribution in [2.75, 3.05) is 0 Å². The number of nitrogens with zero attached hydrogens (tertiary/aromatic N) is 2. The average Bonchev–Trinajstić information content (AvgIpc) is 2.38. The van der Waals surface area contributed by atoms with Crippen molar-refractivity contribution in [3.8, 4) is 0 Å². The van der Waals surface area contributed by atoms with Gasteiger partial charge >= 0.3 is 0 Å². The lowest BCUT2D eigenvalue weighted by Crippen LogP contribution is -2.09. The van der Waals surface area contributed by atoms with Crippen LogP contribution in [0.2, 0.25) is 0 Å². The summed E-state index contributed by atoms with van der Waals surface area (Å²) < 4.78 is 0. The fraction of sp³-hybridized carbons (Fsp3) is 0.647. The quantitative estimate of drug-likeness (QED) is 0.729. The second kappa shape index (κ2) is 6.83. The van der Waals surface area contributed by atoms with E-state index in [1.165, 1.54) is 16.8 Å². The minimum absolute atomic E-state index is 0.380. The van der Waals surface area contributed by atoms with E-state index < -0.39 is 0 Å². The predicted molar refractivity (Wildman–Crippen MR) is 83.3 cm³/mol. The first-order valence-corrected chi connectivity index (χ1v) is 7.45. The van der Waals surface area contributed by atoms with Crippen molar-refractivity contribution >= 4 is 5.57 Å². The van der Waals surface area contributed by atoms with Crippen molar-refractivity contribution in [3.63, 3.8) is 0 Å². The highest BCUT2D eigenvalue weighted by atomic mass is 14.9. The molecule has 2 nitrogen and oxygen atoms in total. The average molecular weight is 260 g/mol. The fourth-order valence-corrected chi connectivity index (χ4v) is 2.28. The summed E-state index contributed by atoms with van der Waals surface area (Å²) in [5.74, 6) is 2.31. The molecule has 1 unspecified atom stereocenters. The van der Waals surface area contributed by atoms with E-state index in [9.17, 15) is 0 Å². The Labute approximate surface area is 118 Å². The van der Waals surface area contributed by atoms with E-state index >= 15 is 0 Å². The third-order valence-electron chi connectivity index (χ3n) is 3.68. The van der Waals surface area contributed by atoms with E-state index in [-0.39, 0.29) is 0 Å². The van der Waals surface area contributed by atoms with Gasteiger partial charge in [0.2, 0.25) is 0 Å². The summed E-state index contributed by atoms with van der Waals surface area (Å²) in [6, 6.07) is 0. The number of rotatable bonds is 5. The van der Waals surface area contributed by atoms with Crippen molar-refractivity contribution in [1.82, 2.24) is 9.97 Å². The lowest BCUT2D eigenvalue weighted by molar-refractivity contribution is 0.671. The van der Waals surface area contributed by atoms with Gasteiger partial charge in [0.1, 0.15) is 5.82 Å². The Balaban J connectivity index is 3.39. The first-order chi connectivity index (χ1) is 8.92. The molecule has 1 atom stereocenters. The van der Waals surface area contributed by atoms with E-state index in [0.29, 0.717) is 17.8 Å². The van der Waals surface area contributed by atoms with Gasteiger partial charge in [-0.2, -0.15) is 0 Å². The summed E-state index contributed by atoms with van der Waals surface area (Å²) >= 11 is 0. The van der Waals surface area contributed by atoms with E-state index in [0.717, 1.165) is 12.2 Å². The smallest absolute Gasteiger partial charge is 0.131 e. The van der Waals surface area contributed by atoms with Gasteiger partial charge in [-0.3, -0.25) is 0 Å². The Bertz CT molecular complexity index is 445. The Kier molecular flexibility index (Phi) is 5.71. The van der Waals surface area contributed by atoms with Crippen LogP contribution in [-0.4, -0.2) is 9.97 Å². The summed E-state index contributed by atoms with van der Waals surface area (Å²) in [4.78, 5) is 9.40. The van der Waals surface area contributed by atoms with Gasteiger partial charge < -0.3 is 0 Å². The topological polar surface area (TPSA) is 25.8 Å². The number of hydrogen-bond acceptors (Lipinski definition) is 2. The molecule has 0 aliphatic rings. The van der Waals surface area contributed by atoms with Crippen LogP contribution < -0.4 is 0 Å². The normalized spacial score (nSPS) is 14.3. The molecular weight excluding hydrogens is 232 g/mol. The van der Waals surface area contributed by atoms with Gasteiger partial charge in [-0.05, 0) is 30.8 Å². The van der Waals surface area contributed by atoms with Crippen LogP contribution in [0, 0.1) is 5.92 Å². The van der Waals surface area contributed by atoms with E-state index in [1.54, 1.807) is 0 Å². The monoisotopic (exact) mass is 260 g/mol. The Morgan fingerprint density at radius 2 is 1.84 bits per heavy atom. The van der Waals surface area contributed by atoms with Crippen molar-refractivity contribution in [2.24, 2.45) is 5.92 Å². The van der Waals surface area contributed by atoms with E-state index in [1.807, 2.05) is 6.20 Å². The molecule has 2 heteroatoms. The minimum Gasteiger partial charge on any atom is -0.240 e. The molecule has 0 radical (unpaired) electrons. The number of aromatic nitrogens is 2. The van der Waals surface area contributed by atoms with Crippen molar-refractivity contribution in [1.29, 1.82) is 0 Å². The predicted octanol–water partition coefficient (Wildman–Crippen LogP) is 5.17. The van der Waals surface area contributed by atoms with E-state index in [2.05, 4.69) is 59.5 Å². The third kappa shape index (κ3) is 3.65. The lowest BCUT2D eigenvalue weighted by atomic mass is 9.90. The van der Waals surface area contributed by atoms with E-state index in [4.69, 9.17) is 4.98 Å². The molecule has 1 aromatic heterocycles. The van der Waals surface area contributed by atoms with Crippen LogP contribution in [0.3, 0.4) is 0 Å². The second-order valence-electron chi connectivity index (χ2n) is 5.89. The largest absolute Gasteiger partial charge is 0.240 e. The summed E-state index contributed by atoms with van der Waals surface area (Å²) in [6.45, 7) is 15.3. The molecule has 1 rings (SSSR count). The van der Waals surface area contributed by atoms with Gasteiger partial charge in [-0.25, -0.2) is 9.97 Å². The van der Waals surface area contributed by atoms with Crippen LogP contribution in [0.1, 0.15) is 83.8 Å². The maximum atomic E-state index is 4.84. The first kappa shape index (κ1) is 15.9. The summed E-state index contributed by atoms with van der Waals surface area (Å²) in [7, 11) is 0. The zero-order chi connectivity index (χ0) is 14.6. The maximum absolute atomic E-state index is 4.84. The molecule has 0 N–H and O–H groups in total. The summed E-state index contributed by atoms with van der Waals surface area (Å²) in [5.41, 5.74) is 3.80. The third-order valence-corrected chi connectivity index (χ3v) is 3.68.